The Morgan fingerprint density at radius 3 is 2.76 bits per heavy atom. The third-order valence-electron chi connectivity index (χ3n) is 4.69. The molecule has 2 aromatic heterocycles. The molecule has 3 aromatic rings. The average molecular weight is 468 g/mol. The van der Waals surface area contributed by atoms with Crippen molar-refractivity contribution in [1.82, 2.24) is 15.3 Å². The zero-order valence-corrected chi connectivity index (χ0v) is 18.7. The van der Waals surface area contributed by atoms with E-state index in [4.69, 9.17) is 11.6 Å². The minimum atomic E-state index is -3.07. The maximum atomic E-state index is 12.4. The standard InChI is InChI=1S/C19H18ClN3O3S3/c1-19(6-7-29(25,26)10-19)23-16(24)9-27-18-17-14(21-11-22-18)8-15(28-17)12-2-4-13(20)5-3-12/h2-5,8,11H,6-7,9-10H2,1H3,(H,23,24). The minimum Gasteiger partial charge on any atom is -0.349 e. The van der Waals surface area contributed by atoms with Crippen molar-refractivity contribution < 1.29 is 13.2 Å². The maximum Gasteiger partial charge on any atom is 0.230 e. The van der Waals surface area contributed by atoms with Gasteiger partial charge in [0.1, 0.15) is 11.4 Å². The molecule has 1 aliphatic rings. The lowest BCUT2D eigenvalue weighted by molar-refractivity contribution is -0.120. The molecule has 0 spiro atoms. The summed E-state index contributed by atoms with van der Waals surface area (Å²) in [4.78, 5) is 22.1. The lowest BCUT2D eigenvalue weighted by Gasteiger charge is -2.23. The summed E-state index contributed by atoms with van der Waals surface area (Å²) < 4.78 is 24.3. The van der Waals surface area contributed by atoms with Gasteiger partial charge in [0.2, 0.25) is 5.91 Å². The number of benzene rings is 1. The van der Waals surface area contributed by atoms with Crippen LogP contribution in [0, 0.1) is 0 Å². The van der Waals surface area contributed by atoms with E-state index in [2.05, 4.69) is 15.3 Å². The zero-order valence-electron chi connectivity index (χ0n) is 15.5. The van der Waals surface area contributed by atoms with Gasteiger partial charge in [0.05, 0.1) is 33.0 Å². The summed E-state index contributed by atoms with van der Waals surface area (Å²) in [5, 5.41) is 4.29. The van der Waals surface area contributed by atoms with Gasteiger partial charge in [0.25, 0.3) is 0 Å². The van der Waals surface area contributed by atoms with Crippen LogP contribution in [0.25, 0.3) is 20.7 Å². The molecule has 6 nitrogen and oxygen atoms in total. The van der Waals surface area contributed by atoms with E-state index in [0.29, 0.717) is 11.4 Å². The highest BCUT2D eigenvalue weighted by molar-refractivity contribution is 8.00. The predicted octanol–water partition coefficient (Wildman–Crippen LogP) is 3.80. The van der Waals surface area contributed by atoms with Crippen molar-refractivity contribution in [2.75, 3.05) is 17.3 Å². The summed E-state index contributed by atoms with van der Waals surface area (Å²) in [7, 11) is -3.07. The van der Waals surface area contributed by atoms with Crippen LogP contribution in [0.5, 0.6) is 0 Å². The second-order valence-electron chi connectivity index (χ2n) is 7.25. The van der Waals surface area contributed by atoms with Crippen LogP contribution in [0.1, 0.15) is 13.3 Å². The Kier molecular flexibility index (Phi) is 5.58. The van der Waals surface area contributed by atoms with Crippen molar-refractivity contribution in [3.8, 4) is 10.4 Å². The van der Waals surface area contributed by atoms with Crippen LogP contribution < -0.4 is 5.32 Å². The van der Waals surface area contributed by atoms with E-state index in [1.54, 1.807) is 18.3 Å². The lowest BCUT2D eigenvalue weighted by atomic mass is 10.0. The van der Waals surface area contributed by atoms with Crippen molar-refractivity contribution in [3.05, 3.63) is 41.7 Å². The first-order valence-corrected chi connectivity index (χ1v) is 12.9. The van der Waals surface area contributed by atoms with Crippen molar-refractivity contribution >= 4 is 60.7 Å². The fourth-order valence-corrected chi connectivity index (χ4v) is 7.53. The molecule has 0 radical (unpaired) electrons. The highest BCUT2D eigenvalue weighted by Gasteiger charge is 2.39. The molecule has 10 heteroatoms. The first-order valence-electron chi connectivity index (χ1n) is 8.88. The largest absolute Gasteiger partial charge is 0.349 e. The second kappa shape index (κ2) is 7.86. The Morgan fingerprint density at radius 2 is 2.07 bits per heavy atom. The molecule has 0 bridgehead atoms. The van der Waals surface area contributed by atoms with E-state index < -0.39 is 15.4 Å². The molecule has 1 atom stereocenters. The molecule has 4 rings (SSSR count). The van der Waals surface area contributed by atoms with E-state index in [-0.39, 0.29) is 23.2 Å². The summed E-state index contributed by atoms with van der Waals surface area (Å²) in [6, 6.07) is 9.60. The number of nitrogens with one attached hydrogen (secondary N) is 1. The van der Waals surface area contributed by atoms with Crippen molar-refractivity contribution in [2.24, 2.45) is 0 Å². The Balaban J connectivity index is 1.48. The van der Waals surface area contributed by atoms with Gasteiger partial charge in [-0.2, -0.15) is 0 Å². The molecule has 1 saturated heterocycles. The summed E-state index contributed by atoms with van der Waals surface area (Å²) in [6.07, 6.45) is 1.94. The van der Waals surface area contributed by atoms with Gasteiger partial charge in [-0.1, -0.05) is 35.5 Å². The van der Waals surface area contributed by atoms with E-state index in [1.807, 2.05) is 30.3 Å². The number of rotatable bonds is 5. The number of fused-ring (bicyclic) bond motifs is 1. The van der Waals surface area contributed by atoms with Gasteiger partial charge in [0.15, 0.2) is 9.84 Å². The van der Waals surface area contributed by atoms with Crippen LogP contribution in [0.4, 0.5) is 0 Å². The van der Waals surface area contributed by atoms with E-state index in [1.165, 1.54) is 18.1 Å². The highest BCUT2D eigenvalue weighted by Crippen LogP contribution is 2.37. The number of amides is 1. The SMILES string of the molecule is CC1(NC(=O)CSc2ncnc3cc(-c4ccc(Cl)cc4)sc23)CCS(=O)(=O)C1. The van der Waals surface area contributed by atoms with E-state index in [0.717, 1.165) is 25.7 Å². The van der Waals surface area contributed by atoms with Gasteiger partial charge >= 0.3 is 0 Å². The number of sulfone groups is 1. The van der Waals surface area contributed by atoms with Crippen LogP contribution in [0.2, 0.25) is 5.02 Å². The monoisotopic (exact) mass is 467 g/mol. The van der Waals surface area contributed by atoms with Crippen molar-refractivity contribution in [1.29, 1.82) is 0 Å². The van der Waals surface area contributed by atoms with E-state index >= 15 is 0 Å². The molecule has 0 saturated carbocycles. The topological polar surface area (TPSA) is 89.0 Å². The normalized spacial score (nSPS) is 20.8. The van der Waals surface area contributed by atoms with Crippen LogP contribution in [0.15, 0.2) is 41.7 Å². The Labute approximate surface area is 182 Å². The number of hydrogen-bond donors (Lipinski definition) is 1. The van der Waals surface area contributed by atoms with Crippen molar-refractivity contribution in [2.45, 2.75) is 23.9 Å². The minimum absolute atomic E-state index is 0.0104. The van der Waals surface area contributed by atoms with Gasteiger partial charge in [-0.25, -0.2) is 18.4 Å². The number of carbonyl (C=O) groups is 1. The second-order valence-corrected chi connectivity index (χ2v) is 11.9. The first kappa shape index (κ1) is 20.6. The molecule has 1 N–H and O–H groups in total. The number of thiophene rings is 1. The number of thioether (sulfide) groups is 1. The maximum absolute atomic E-state index is 12.4. The molecule has 1 aliphatic heterocycles. The molecule has 152 valence electrons. The van der Waals surface area contributed by atoms with Crippen LogP contribution in [-0.2, 0) is 14.6 Å². The third-order valence-corrected chi connectivity index (χ3v) is 9.15. The first-order chi connectivity index (χ1) is 13.7. The molecule has 1 aromatic carbocycles. The molecular weight excluding hydrogens is 450 g/mol. The number of halogens is 1. The predicted molar refractivity (Wildman–Crippen MR) is 118 cm³/mol. The summed E-state index contributed by atoms with van der Waals surface area (Å²) in [6.45, 7) is 1.78. The molecule has 1 unspecified atom stereocenters. The number of aromatic nitrogens is 2. The molecule has 29 heavy (non-hydrogen) atoms. The summed E-state index contributed by atoms with van der Waals surface area (Å²) in [5.41, 5.74) is 1.18. The molecule has 1 fully saturated rings. The van der Waals surface area contributed by atoms with Gasteiger partial charge in [-0.3, -0.25) is 4.79 Å². The molecule has 3 heterocycles. The van der Waals surface area contributed by atoms with Crippen LogP contribution in [0.3, 0.4) is 0 Å². The van der Waals surface area contributed by atoms with Gasteiger partial charge in [-0.05, 0) is 37.1 Å². The van der Waals surface area contributed by atoms with E-state index in [9.17, 15) is 13.2 Å². The smallest absolute Gasteiger partial charge is 0.230 e. The zero-order chi connectivity index (χ0) is 20.6. The van der Waals surface area contributed by atoms with Crippen LogP contribution in [-0.4, -0.2) is 47.1 Å². The fraction of sp³-hybridized carbons (Fsp3) is 0.316. The Morgan fingerprint density at radius 1 is 1.31 bits per heavy atom. The number of nitrogens with zero attached hydrogens (tertiary/aromatic N) is 2. The van der Waals surface area contributed by atoms with Gasteiger partial charge in [0, 0.05) is 9.90 Å². The molecule has 0 aliphatic carbocycles. The third kappa shape index (κ3) is 4.74. The molecular formula is C19H18ClN3O3S3. The van der Waals surface area contributed by atoms with Gasteiger partial charge in [-0.15, -0.1) is 11.3 Å². The Hall–Kier alpha value is -1.68. The lowest BCUT2D eigenvalue weighted by Crippen LogP contribution is -2.47. The highest BCUT2D eigenvalue weighted by atomic mass is 35.5. The van der Waals surface area contributed by atoms with Crippen molar-refractivity contribution in [3.63, 3.8) is 0 Å². The number of carbonyl (C=O) groups excluding carboxylic acids is 1. The van der Waals surface area contributed by atoms with Crippen LogP contribution >= 0.6 is 34.7 Å². The fourth-order valence-electron chi connectivity index (χ4n) is 3.31. The van der Waals surface area contributed by atoms with Gasteiger partial charge < -0.3 is 5.32 Å². The molecule has 1 amide bonds. The summed E-state index contributed by atoms with van der Waals surface area (Å²) >= 11 is 8.86. The Bertz CT molecular complexity index is 1180. The summed E-state index contributed by atoms with van der Waals surface area (Å²) in [5.74, 6) is 0.0711. The average Bonchev–Trinajstić information content (AvgIpc) is 3.21. The quantitative estimate of drug-likeness (QED) is 0.453. The number of hydrogen-bond acceptors (Lipinski definition) is 7.